The summed E-state index contributed by atoms with van der Waals surface area (Å²) in [5.74, 6) is 1.28. The molecule has 0 atom stereocenters. The van der Waals surface area contributed by atoms with Crippen molar-refractivity contribution in [3.8, 4) is 17.6 Å². The Balaban J connectivity index is 1.68. The third kappa shape index (κ3) is 5.03. The molecule has 2 heterocycles. The molecule has 0 amide bonds. The summed E-state index contributed by atoms with van der Waals surface area (Å²) in [6, 6.07) is 14.3. The van der Waals surface area contributed by atoms with Crippen LogP contribution in [-0.4, -0.2) is 65.7 Å². The first-order valence-corrected chi connectivity index (χ1v) is 11.1. The van der Waals surface area contributed by atoms with Crippen LogP contribution in [0.3, 0.4) is 0 Å². The highest BCUT2D eigenvalue weighted by molar-refractivity contribution is 5.83. The second-order valence-corrected chi connectivity index (χ2v) is 8.46. The van der Waals surface area contributed by atoms with E-state index < -0.39 is 4.92 Å². The number of benzene rings is 2. The molecule has 36 heavy (non-hydrogen) atoms. The number of ether oxygens (including phenoxy) is 1. The molecule has 0 saturated carbocycles. The summed E-state index contributed by atoms with van der Waals surface area (Å²) in [6.07, 6.45) is 3.46. The number of fused-ring (bicyclic) bond motifs is 1. The van der Waals surface area contributed by atoms with E-state index in [1.54, 1.807) is 24.4 Å². The molecule has 2 aromatic heterocycles. The van der Waals surface area contributed by atoms with Crippen molar-refractivity contribution in [1.29, 1.82) is 5.26 Å². The summed E-state index contributed by atoms with van der Waals surface area (Å²) in [6.45, 7) is 1.35. The Morgan fingerprint density at radius 1 is 1.17 bits per heavy atom. The summed E-state index contributed by atoms with van der Waals surface area (Å²) in [7, 11) is 7.22. The molecule has 0 bridgehead atoms. The number of nitriles is 1. The molecule has 0 aliphatic carbocycles. The molecular weight excluding hydrogens is 460 g/mol. The molecule has 0 aliphatic heterocycles. The molecule has 0 spiro atoms. The van der Waals surface area contributed by atoms with Gasteiger partial charge in [-0.2, -0.15) is 10.2 Å². The van der Waals surface area contributed by atoms with Crippen LogP contribution in [0.5, 0.6) is 5.75 Å². The summed E-state index contributed by atoms with van der Waals surface area (Å²) < 4.78 is 7.42. The third-order valence-electron chi connectivity index (χ3n) is 5.74. The first kappa shape index (κ1) is 24.4. The number of methoxy groups -OCH3 is 1. The molecule has 11 nitrogen and oxygen atoms in total. The predicted molar refractivity (Wildman–Crippen MR) is 138 cm³/mol. The van der Waals surface area contributed by atoms with Gasteiger partial charge in [0.2, 0.25) is 5.95 Å². The molecule has 1 N–H and O–H groups in total. The number of nitro groups is 1. The van der Waals surface area contributed by atoms with Gasteiger partial charge in [-0.25, -0.2) is 4.98 Å². The summed E-state index contributed by atoms with van der Waals surface area (Å²) in [5.41, 5.74) is 2.24. The predicted octanol–water partition coefficient (Wildman–Crippen LogP) is 3.95. The van der Waals surface area contributed by atoms with Gasteiger partial charge in [-0.05, 0) is 44.4 Å². The molecule has 0 fully saturated rings. The van der Waals surface area contributed by atoms with Gasteiger partial charge in [-0.3, -0.25) is 10.1 Å². The molecule has 4 aromatic rings. The maximum absolute atomic E-state index is 11.9. The zero-order valence-corrected chi connectivity index (χ0v) is 20.5. The standard InChI is InChI=1S/C25H26N8O3/c1-30(2)11-12-31(3)21-15-23(36-4)19(14-22(21)33(34)35)28-25-27-9-7-24(29-25)32-10-8-18-13-17(16-26)5-6-20(18)32/h5-10,13-15H,11-12H2,1-4H3,(H,27,28,29). The molecule has 11 heteroatoms. The molecule has 0 aliphatic rings. The Hall–Kier alpha value is -4.69. The second-order valence-electron chi connectivity index (χ2n) is 8.46. The fraction of sp³-hybridized carbons (Fsp3) is 0.240. The molecular formula is C25H26N8O3. The van der Waals surface area contributed by atoms with Crippen molar-refractivity contribution in [2.24, 2.45) is 0 Å². The lowest BCUT2D eigenvalue weighted by molar-refractivity contribution is -0.384. The Morgan fingerprint density at radius 3 is 2.67 bits per heavy atom. The quantitative estimate of drug-likeness (QED) is 0.276. The number of likely N-dealkylation sites (N-methyl/N-ethyl adjacent to an activating group) is 2. The minimum absolute atomic E-state index is 0.0552. The van der Waals surface area contributed by atoms with Gasteiger partial charge in [0.25, 0.3) is 5.69 Å². The van der Waals surface area contributed by atoms with E-state index in [4.69, 9.17) is 10.00 Å². The Bertz CT molecular complexity index is 1460. The number of nitro benzene ring substituents is 1. The fourth-order valence-corrected chi connectivity index (χ4v) is 3.82. The van der Waals surface area contributed by atoms with Gasteiger partial charge in [0.1, 0.15) is 17.3 Å². The van der Waals surface area contributed by atoms with E-state index in [0.29, 0.717) is 35.1 Å². The van der Waals surface area contributed by atoms with Crippen LogP contribution >= 0.6 is 0 Å². The van der Waals surface area contributed by atoms with Crippen molar-refractivity contribution in [2.75, 3.05) is 51.6 Å². The van der Waals surface area contributed by atoms with Crippen molar-refractivity contribution in [2.45, 2.75) is 0 Å². The smallest absolute Gasteiger partial charge is 0.294 e. The number of aromatic nitrogens is 3. The van der Waals surface area contributed by atoms with Gasteiger partial charge in [-0.15, -0.1) is 0 Å². The largest absolute Gasteiger partial charge is 0.494 e. The third-order valence-corrected chi connectivity index (χ3v) is 5.74. The van der Waals surface area contributed by atoms with E-state index in [1.807, 2.05) is 59.9 Å². The number of hydrogen-bond donors (Lipinski definition) is 1. The van der Waals surface area contributed by atoms with Crippen LogP contribution in [0.2, 0.25) is 0 Å². The number of anilines is 3. The van der Waals surface area contributed by atoms with Crippen molar-refractivity contribution in [3.05, 3.63) is 70.5 Å². The minimum atomic E-state index is -0.412. The Kier molecular flexibility index (Phi) is 6.98. The van der Waals surface area contributed by atoms with Gasteiger partial charge >= 0.3 is 0 Å². The van der Waals surface area contributed by atoms with Gasteiger partial charge in [0.05, 0.1) is 34.9 Å². The molecule has 0 unspecified atom stereocenters. The summed E-state index contributed by atoms with van der Waals surface area (Å²) in [4.78, 5) is 24.2. The van der Waals surface area contributed by atoms with Crippen molar-refractivity contribution in [1.82, 2.24) is 19.4 Å². The zero-order valence-electron chi connectivity index (χ0n) is 20.5. The van der Waals surface area contributed by atoms with E-state index in [2.05, 4.69) is 21.4 Å². The maximum Gasteiger partial charge on any atom is 0.294 e. The Labute approximate surface area is 208 Å². The van der Waals surface area contributed by atoms with Crippen LogP contribution in [0.15, 0.2) is 54.9 Å². The summed E-state index contributed by atoms with van der Waals surface area (Å²) >= 11 is 0. The van der Waals surface area contributed by atoms with Crippen molar-refractivity contribution in [3.63, 3.8) is 0 Å². The minimum Gasteiger partial charge on any atom is -0.494 e. The summed E-state index contributed by atoms with van der Waals surface area (Å²) in [5, 5.41) is 25.0. The SMILES string of the molecule is COc1cc(N(C)CCN(C)C)c([N+](=O)[O-])cc1Nc1nccc(-n2ccc3cc(C#N)ccc32)n1. The number of nitrogens with zero attached hydrogens (tertiary/aromatic N) is 7. The van der Waals surface area contributed by atoms with Gasteiger partial charge in [0, 0.05) is 50.0 Å². The van der Waals surface area contributed by atoms with E-state index in [0.717, 1.165) is 17.4 Å². The highest BCUT2D eigenvalue weighted by atomic mass is 16.6. The highest BCUT2D eigenvalue weighted by Gasteiger charge is 2.22. The van der Waals surface area contributed by atoms with Crippen LogP contribution < -0.4 is 15.0 Å². The number of rotatable bonds is 9. The van der Waals surface area contributed by atoms with Crippen LogP contribution in [0.1, 0.15) is 5.56 Å². The Morgan fingerprint density at radius 2 is 1.97 bits per heavy atom. The fourth-order valence-electron chi connectivity index (χ4n) is 3.82. The topological polar surface area (TPSA) is 125 Å². The second kappa shape index (κ2) is 10.3. The van der Waals surface area contributed by atoms with Crippen LogP contribution in [-0.2, 0) is 0 Å². The molecule has 0 radical (unpaired) electrons. The lowest BCUT2D eigenvalue weighted by Crippen LogP contribution is -2.28. The highest BCUT2D eigenvalue weighted by Crippen LogP contribution is 2.38. The normalized spacial score (nSPS) is 10.9. The van der Waals surface area contributed by atoms with Crippen LogP contribution in [0.4, 0.5) is 23.0 Å². The van der Waals surface area contributed by atoms with Gasteiger partial charge in [-0.1, -0.05) is 0 Å². The number of nitrogens with one attached hydrogen (secondary N) is 1. The molecule has 2 aromatic carbocycles. The number of hydrogen-bond acceptors (Lipinski definition) is 9. The van der Waals surface area contributed by atoms with E-state index in [1.165, 1.54) is 13.2 Å². The molecule has 184 valence electrons. The lowest BCUT2D eigenvalue weighted by Gasteiger charge is -2.22. The monoisotopic (exact) mass is 486 g/mol. The van der Waals surface area contributed by atoms with Crippen LogP contribution in [0.25, 0.3) is 16.7 Å². The maximum atomic E-state index is 11.9. The molecule has 0 saturated heterocycles. The average Bonchev–Trinajstić information content (AvgIpc) is 3.30. The average molecular weight is 487 g/mol. The van der Waals surface area contributed by atoms with Crippen molar-refractivity contribution >= 4 is 33.9 Å². The zero-order chi connectivity index (χ0) is 25.8. The molecule has 4 rings (SSSR count). The lowest BCUT2D eigenvalue weighted by atomic mass is 10.2. The first-order valence-electron chi connectivity index (χ1n) is 11.1. The van der Waals surface area contributed by atoms with E-state index in [-0.39, 0.29) is 11.6 Å². The van der Waals surface area contributed by atoms with Crippen molar-refractivity contribution < 1.29 is 9.66 Å². The van der Waals surface area contributed by atoms with E-state index >= 15 is 0 Å². The van der Waals surface area contributed by atoms with Gasteiger partial charge < -0.3 is 24.4 Å². The van der Waals surface area contributed by atoms with E-state index in [9.17, 15) is 10.1 Å². The van der Waals surface area contributed by atoms with Crippen LogP contribution in [0, 0.1) is 21.4 Å². The first-order chi connectivity index (χ1) is 17.3. The van der Waals surface area contributed by atoms with Gasteiger partial charge in [0.15, 0.2) is 0 Å².